The molecule has 0 amide bonds. The van der Waals surface area contributed by atoms with Crippen LogP contribution in [0, 0.1) is 0 Å². The van der Waals surface area contributed by atoms with E-state index in [9.17, 15) is 4.79 Å². The average molecular weight is 355 g/mol. The molecule has 0 spiro atoms. The zero-order chi connectivity index (χ0) is 16.8. The molecule has 1 aromatic carbocycles. The molecule has 1 atom stereocenters. The summed E-state index contributed by atoms with van der Waals surface area (Å²) in [6.07, 6.45) is 13.2. The standard InChI is InChI=1S/C12H24S.C8H7ClO/c1-2-3-6-9-12-10-7-4-5-8-11-13-12;9-6-8(10)7-4-2-1-3-5-7/h12H,2-11H2,1H3;1-5H,6H2. The van der Waals surface area contributed by atoms with Crippen LogP contribution in [-0.4, -0.2) is 22.7 Å². The maximum atomic E-state index is 10.9. The Hall–Kier alpha value is -0.470. The Kier molecular flexibility index (Phi) is 12.5. The van der Waals surface area contributed by atoms with Crippen LogP contribution in [0.2, 0.25) is 0 Å². The highest BCUT2D eigenvalue weighted by Crippen LogP contribution is 2.27. The van der Waals surface area contributed by atoms with Crippen molar-refractivity contribution in [3.8, 4) is 0 Å². The summed E-state index contributed by atoms with van der Waals surface area (Å²) in [4.78, 5) is 10.9. The van der Waals surface area contributed by atoms with E-state index in [0.717, 1.165) is 5.25 Å². The molecule has 1 aliphatic rings. The van der Waals surface area contributed by atoms with E-state index < -0.39 is 0 Å². The second kappa shape index (κ2) is 13.9. The molecule has 3 heteroatoms. The fourth-order valence-corrected chi connectivity index (χ4v) is 4.24. The van der Waals surface area contributed by atoms with Crippen molar-refractivity contribution in [2.24, 2.45) is 0 Å². The van der Waals surface area contributed by atoms with Gasteiger partial charge in [-0.3, -0.25) is 4.79 Å². The first kappa shape index (κ1) is 20.6. The monoisotopic (exact) mass is 354 g/mol. The quantitative estimate of drug-likeness (QED) is 0.319. The second-order valence-electron chi connectivity index (χ2n) is 6.11. The molecule has 0 N–H and O–H groups in total. The molecule has 2 rings (SSSR count). The average Bonchev–Trinajstić information content (AvgIpc) is 2.57. The Morgan fingerprint density at radius 2 is 1.87 bits per heavy atom. The predicted molar refractivity (Wildman–Crippen MR) is 105 cm³/mol. The van der Waals surface area contributed by atoms with Crippen molar-refractivity contribution in [1.82, 2.24) is 0 Å². The Balaban J connectivity index is 0.000000238. The van der Waals surface area contributed by atoms with Crippen LogP contribution in [0.5, 0.6) is 0 Å². The van der Waals surface area contributed by atoms with Gasteiger partial charge in [-0.1, -0.05) is 75.8 Å². The van der Waals surface area contributed by atoms with E-state index in [2.05, 4.69) is 18.7 Å². The molecule has 0 bridgehead atoms. The van der Waals surface area contributed by atoms with Crippen LogP contribution in [0.4, 0.5) is 0 Å². The highest BCUT2D eigenvalue weighted by atomic mass is 35.5. The molecule has 0 radical (unpaired) electrons. The Morgan fingerprint density at radius 1 is 1.13 bits per heavy atom. The van der Waals surface area contributed by atoms with Crippen LogP contribution >= 0.6 is 23.4 Å². The first-order valence-electron chi connectivity index (χ1n) is 9.03. The lowest BCUT2D eigenvalue weighted by Crippen LogP contribution is -2.06. The van der Waals surface area contributed by atoms with Crippen molar-refractivity contribution in [2.45, 2.75) is 70.0 Å². The number of halogens is 1. The van der Waals surface area contributed by atoms with Crippen LogP contribution in [0.1, 0.15) is 75.1 Å². The van der Waals surface area contributed by atoms with Crippen molar-refractivity contribution in [3.05, 3.63) is 35.9 Å². The van der Waals surface area contributed by atoms with Gasteiger partial charge in [-0.15, -0.1) is 11.6 Å². The number of benzene rings is 1. The van der Waals surface area contributed by atoms with Gasteiger partial charge in [-0.25, -0.2) is 0 Å². The SMILES string of the molecule is CCCCCC1CCCCCCS1.O=C(CCl)c1ccccc1. The highest BCUT2D eigenvalue weighted by molar-refractivity contribution is 7.99. The Morgan fingerprint density at radius 3 is 2.57 bits per heavy atom. The number of Topliss-reactive ketones (excluding diaryl/α,β-unsaturated/α-hetero) is 1. The molecule has 1 aliphatic heterocycles. The summed E-state index contributed by atoms with van der Waals surface area (Å²) < 4.78 is 0. The minimum absolute atomic E-state index is 0.0257. The van der Waals surface area contributed by atoms with Gasteiger partial charge in [0.15, 0.2) is 5.78 Å². The van der Waals surface area contributed by atoms with E-state index in [1.165, 1.54) is 63.5 Å². The molecule has 1 saturated heterocycles. The second-order valence-corrected chi connectivity index (χ2v) is 7.79. The molecule has 1 aromatic rings. The number of hydrogen-bond donors (Lipinski definition) is 0. The summed E-state index contributed by atoms with van der Waals surface area (Å²) in [5.41, 5.74) is 0.678. The number of rotatable bonds is 6. The molecule has 0 saturated carbocycles. The summed E-state index contributed by atoms with van der Waals surface area (Å²) in [7, 11) is 0. The van der Waals surface area contributed by atoms with Crippen molar-refractivity contribution in [2.75, 3.05) is 11.6 Å². The van der Waals surface area contributed by atoms with Crippen LogP contribution in [0.3, 0.4) is 0 Å². The topological polar surface area (TPSA) is 17.1 Å². The van der Waals surface area contributed by atoms with Crippen molar-refractivity contribution >= 4 is 29.1 Å². The number of ketones is 1. The molecule has 1 unspecified atom stereocenters. The van der Waals surface area contributed by atoms with Gasteiger partial charge in [0.2, 0.25) is 0 Å². The molecular formula is C20H31ClOS. The van der Waals surface area contributed by atoms with Crippen LogP contribution in [0.25, 0.3) is 0 Å². The summed E-state index contributed by atoms with van der Waals surface area (Å²) in [6, 6.07) is 9.01. The minimum atomic E-state index is -0.0257. The first-order chi connectivity index (χ1) is 11.3. The van der Waals surface area contributed by atoms with E-state index >= 15 is 0 Å². The zero-order valence-electron chi connectivity index (χ0n) is 14.4. The van der Waals surface area contributed by atoms with Crippen molar-refractivity contribution in [1.29, 1.82) is 0 Å². The van der Waals surface area contributed by atoms with E-state index in [4.69, 9.17) is 11.6 Å². The lowest BCUT2D eigenvalue weighted by atomic mass is 10.1. The first-order valence-corrected chi connectivity index (χ1v) is 10.6. The third-order valence-corrected chi connectivity index (χ3v) is 5.83. The predicted octanol–water partition coefficient (Wildman–Crippen LogP) is 6.74. The van der Waals surface area contributed by atoms with Gasteiger partial charge < -0.3 is 0 Å². The van der Waals surface area contributed by atoms with E-state index in [-0.39, 0.29) is 11.7 Å². The fraction of sp³-hybridized carbons (Fsp3) is 0.650. The lowest BCUT2D eigenvalue weighted by Gasteiger charge is -2.18. The molecule has 23 heavy (non-hydrogen) atoms. The summed E-state index contributed by atoms with van der Waals surface area (Å²) in [5.74, 6) is 1.46. The van der Waals surface area contributed by atoms with Gasteiger partial charge in [0, 0.05) is 10.8 Å². The summed E-state index contributed by atoms with van der Waals surface area (Å²) in [6.45, 7) is 2.30. The Labute approximate surface area is 151 Å². The number of alkyl halides is 1. The zero-order valence-corrected chi connectivity index (χ0v) is 16.0. The minimum Gasteiger partial charge on any atom is -0.293 e. The molecule has 0 aromatic heterocycles. The third kappa shape index (κ3) is 10.1. The van der Waals surface area contributed by atoms with E-state index in [1.54, 1.807) is 12.1 Å². The number of carbonyl (C=O) groups excluding carboxylic acids is 1. The summed E-state index contributed by atoms with van der Waals surface area (Å²) in [5, 5.41) is 1.01. The highest BCUT2D eigenvalue weighted by Gasteiger charge is 2.10. The number of hydrogen-bond acceptors (Lipinski definition) is 2. The van der Waals surface area contributed by atoms with Crippen molar-refractivity contribution in [3.63, 3.8) is 0 Å². The molecule has 130 valence electrons. The molecular weight excluding hydrogens is 324 g/mol. The van der Waals surface area contributed by atoms with Crippen molar-refractivity contribution < 1.29 is 4.79 Å². The van der Waals surface area contributed by atoms with Gasteiger partial charge in [-0.2, -0.15) is 11.8 Å². The third-order valence-electron chi connectivity index (χ3n) is 4.12. The van der Waals surface area contributed by atoms with E-state index in [1.807, 2.05) is 18.2 Å². The van der Waals surface area contributed by atoms with Crippen LogP contribution < -0.4 is 0 Å². The largest absolute Gasteiger partial charge is 0.293 e. The number of carbonyl (C=O) groups is 1. The van der Waals surface area contributed by atoms with Gasteiger partial charge in [0.25, 0.3) is 0 Å². The summed E-state index contributed by atoms with van der Waals surface area (Å²) >= 11 is 7.58. The maximum absolute atomic E-state index is 10.9. The fourth-order valence-electron chi connectivity index (χ4n) is 2.71. The van der Waals surface area contributed by atoms with Gasteiger partial charge in [0.1, 0.15) is 0 Å². The van der Waals surface area contributed by atoms with Crippen LogP contribution in [-0.2, 0) is 0 Å². The molecule has 1 nitrogen and oxygen atoms in total. The smallest absolute Gasteiger partial charge is 0.177 e. The molecule has 1 heterocycles. The van der Waals surface area contributed by atoms with E-state index in [0.29, 0.717) is 5.56 Å². The molecule has 0 aliphatic carbocycles. The number of unbranched alkanes of at least 4 members (excludes halogenated alkanes) is 2. The van der Waals surface area contributed by atoms with Gasteiger partial charge >= 0.3 is 0 Å². The number of thioether (sulfide) groups is 1. The van der Waals surface area contributed by atoms with Gasteiger partial charge in [0.05, 0.1) is 5.88 Å². The van der Waals surface area contributed by atoms with Crippen LogP contribution in [0.15, 0.2) is 30.3 Å². The Bertz CT molecular complexity index is 399. The molecule has 1 fully saturated rings. The lowest BCUT2D eigenvalue weighted by molar-refractivity contribution is 0.102. The maximum Gasteiger partial charge on any atom is 0.177 e. The van der Waals surface area contributed by atoms with Gasteiger partial charge in [-0.05, 0) is 25.0 Å². The normalized spacial score (nSPS) is 18.3.